The number of rotatable bonds is 5. The van der Waals surface area contributed by atoms with Gasteiger partial charge in [-0.3, -0.25) is 9.78 Å². The normalized spacial score (nSPS) is 21.8. The third-order valence-electron chi connectivity index (χ3n) is 6.09. The summed E-state index contributed by atoms with van der Waals surface area (Å²) in [5.74, 6) is 0.435. The summed E-state index contributed by atoms with van der Waals surface area (Å²) >= 11 is 6.09. The number of anilines is 1. The number of aromatic nitrogens is 4. The van der Waals surface area contributed by atoms with E-state index in [0.29, 0.717) is 10.9 Å². The zero-order chi connectivity index (χ0) is 19.8. The van der Waals surface area contributed by atoms with Crippen LogP contribution in [0.2, 0.25) is 5.02 Å². The Morgan fingerprint density at radius 1 is 1.21 bits per heavy atom. The molecule has 5 rings (SSSR count). The smallest absolute Gasteiger partial charge is 0.226 e. The second-order valence-corrected chi connectivity index (χ2v) is 8.30. The van der Waals surface area contributed by atoms with Crippen LogP contribution in [0.4, 0.5) is 5.69 Å². The fourth-order valence-corrected chi connectivity index (χ4v) is 4.85. The minimum absolute atomic E-state index is 0.118. The van der Waals surface area contributed by atoms with Crippen LogP contribution in [0.15, 0.2) is 43.0 Å². The molecule has 0 aromatic carbocycles. The van der Waals surface area contributed by atoms with Gasteiger partial charge < -0.3 is 9.80 Å². The van der Waals surface area contributed by atoms with E-state index in [1.165, 1.54) is 0 Å². The molecule has 0 unspecified atom stereocenters. The molecule has 7 nitrogen and oxygen atoms in total. The van der Waals surface area contributed by atoms with Crippen molar-refractivity contribution in [3.63, 3.8) is 0 Å². The van der Waals surface area contributed by atoms with Gasteiger partial charge >= 0.3 is 0 Å². The summed E-state index contributed by atoms with van der Waals surface area (Å²) < 4.78 is 1.89. The summed E-state index contributed by atoms with van der Waals surface area (Å²) in [6.45, 7) is 2.44. The van der Waals surface area contributed by atoms with Gasteiger partial charge in [-0.2, -0.15) is 5.10 Å². The molecule has 2 aliphatic rings. The van der Waals surface area contributed by atoms with Crippen molar-refractivity contribution < 1.29 is 4.79 Å². The van der Waals surface area contributed by atoms with E-state index in [1.807, 2.05) is 28.9 Å². The van der Waals surface area contributed by atoms with Crippen LogP contribution in [-0.2, 0) is 11.2 Å². The van der Waals surface area contributed by atoms with Gasteiger partial charge in [0, 0.05) is 37.4 Å². The molecule has 2 atom stereocenters. The van der Waals surface area contributed by atoms with E-state index in [0.717, 1.165) is 62.3 Å². The van der Waals surface area contributed by atoms with Crippen LogP contribution < -0.4 is 4.90 Å². The maximum Gasteiger partial charge on any atom is 0.226 e. The molecule has 0 saturated carbocycles. The Morgan fingerprint density at radius 2 is 2.14 bits per heavy atom. The van der Waals surface area contributed by atoms with Crippen molar-refractivity contribution in [2.75, 3.05) is 24.5 Å². The highest BCUT2D eigenvalue weighted by atomic mass is 35.5. The van der Waals surface area contributed by atoms with E-state index in [-0.39, 0.29) is 12.0 Å². The third-order valence-corrected chi connectivity index (χ3v) is 6.30. The lowest BCUT2D eigenvalue weighted by Crippen LogP contribution is -2.51. The van der Waals surface area contributed by atoms with Gasteiger partial charge in [-0.1, -0.05) is 17.7 Å². The molecule has 0 bridgehead atoms. The average molecular weight is 411 g/mol. The second-order valence-electron chi connectivity index (χ2n) is 7.86. The van der Waals surface area contributed by atoms with Crippen LogP contribution in [0.5, 0.6) is 0 Å². The highest BCUT2D eigenvalue weighted by molar-refractivity contribution is 6.30. The molecule has 0 N–H and O–H groups in total. The Kier molecular flexibility index (Phi) is 4.83. The lowest BCUT2D eigenvalue weighted by molar-refractivity contribution is -0.132. The molecule has 0 radical (unpaired) electrons. The molecule has 2 saturated heterocycles. The molecule has 150 valence electrons. The van der Waals surface area contributed by atoms with Gasteiger partial charge in [-0.15, -0.1) is 0 Å². The van der Waals surface area contributed by atoms with Gasteiger partial charge in [-0.25, -0.2) is 9.50 Å². The van der Waals surface area contributed by atoms with E-state index >= 15 is 0 Å². The number of nitrogens with zero attached hydrogens (tertiary/aromatic N) is 6. The van der Waals surface area contributed by atoms with Gasteiger partial charge in [-0.05, 0) is 43.9 Å². The van der Waals surface area contributed by atoms with E-state index in [2.05, 4.69) is 30.9 Å². The van der Waals surface area contributed by atoms with Crippen LogP contribution in [0.3, 0.4) is 0 Å². The Balaban J connectivity index is 1.20. The van der Waals surface area contributed by atoms with Crippen molar-refractivity contribution >= 4 is 28.8 Å². The fourth-order valence-electron chi connectivity index (χ4n) is 4.68. The number of aryl methyl sites for hydroxylation is 1. The molecule has 2 fully saturated rings. The molecule has 0 aliphatic carbocycles. The molecule has 0 spiro atoms. The topological polar surface area (TPSA) is 66.6 Å². The fraction of sp³-hybridized carbons (Fsp3) is 0.429. The number of hydrogen-bond acceptors (Lipinski definition) is 5. The first-order valence-corrected chi connectivity index (χ1v) is 10.5. The average Bonchev–Trinajstić information content (AvgIpc) is 3.33. The van der Waals surface area contributed by atoms with Crippen LogP contribution >= 0.6 is 11.6 Å². The zero-order valence-corrected chi connectivity index (χ0v) is 16.9. The van der Waals surface area contributed by atoms with Crippen LogP contribution in [-0.4, -0.2) is 56.1 Å². The van der Waals surface area contributed by atoms with Crippen molar-refractivity contribution in [3.05, 3.63) is 53.7 Å². The van der Waals surface area contributed by atoms with Crippen molar-refractivity contribution in [3.8, 4) is 0 Å². The summed E-state index contributed by atoms with van der Waals surface area (Å²) in [4.78, 5) is 25.7. The van der Waals surface area contributed by atoms with Crippen molar-refractivity contribution in [1.82, 2.24) is 24.5 Å². The number of piperazine rings is 1. The van der Waals surface area contributed by atoms with E-state index in [9.17, 15) is 4.79 Å². The van der Waals surface area contributed by atoms with Crippen LogP contribution in [0, 0.1) is 5.92 Å². The quantitative estimate of drug-likeness (QED) is 0.647. The highest BCUT2D eigenvalue weighted by Gasteiger charge is 2.41. The summed E-state index contributed by atoms with van der Waals surface area (Å²) in [6, 6.07) is 8.27. The van der Waals surface area contributed by atoms with Crippen molar-refractivity contribution in [2.24, 2.45) is 5.92 Å². The van der Waals surface area contributed by atoms with Crippen LogP contribution in [0.25, 0.3) is 5.65 Å². The Hall–Kier alpha value is -2.67. The van der Waals surface area contributed by atoms with Gasteiger partial charge in [0.15, 0.2) is 5.65 Å². The maximum absolute atomic E-state index is 12.9. The summed E-state index contributed by atoms with van der Waals surface area (Å²) in [6.07, 6.45) is 8.79. The summed E-state index contributed by atoms with van der Waals surface area (Å²) in [7, 11) is 0. The summed E-state index contributed by atoms with van der Waals surface area (Å²) in [5.41, 5.74) is 3.05. The van der Waals surface area contributed by atoms with Crippen molar-refractivity contribution in [1.29, 1.82) is 0 Å². The molecule has 3 aromatic heterocycles. The summed E-state index contributed by atoms with van der Waals surface area (Å²) in [5, 5.41) is 4.94. The van der Waals surface area contributed by atoms with Crippen molar-refractivity contribution in [2.45, 2.75) is 31.7 Å². The minimum atomic E-state index is 0.118. The monoisotopic (exact) mass is 410 g/mol. The molecule has 3 aromatic rings. The van der Waals surface area contributed by atoms with Gasteiger partial charge in [0.1, 0.15) is 6.33 Å². The SMILES string of the molecule is O=C1[C@@H](CCCc2cccc3ncnn23)C[C@H]2CN(c3cncc(Cl)c3)CCN12. The largest absolute Gasteiger partial charge is 0.366 e. The first-order valence-electron chi connectivity index (χ1n) is 10.1. The standard InChI is InChI=1S/C21H23ClN6O/c22-16-10-18(12-23-11-16)26-7-8-27-19(13-26)9-15(21(27)29)3-1-4-17-5-2-6-20-24-14-25-28(17)20/h2,5-6,10-12,14-15,19H,1,3-4,7-9,13H2/t15-,19-/m0/s1. The number of pyridine rings is 2. The maximum atomic E-state index is 12.9. The van der Waals surface area contributed by atoms with Gasteiger partial charge in [0.2, 0.25) is 5.91 Å². The number of fused-ring (bicyclic) bond motifs is 2. The third kappa shape index (κ3) is 3.55. The predicted octanol–water partition coefficient (Wildman–Crippen LogP) is 2.84. The Labute approximate surface area is 174 Å². The molecule has 1 amide bonds. The number of carbonyl (C=O) groups is 1. The lowest BCUT2D eigenvalue weighted by Gasteiger charge is -2.38. The number of amides is 1. The lowest BCUT2D eigenvalue weighted by atomic mass is 9.97. The Bertz CT molecular complexity index is 1040. The van der Waals surface area contributed by atoms with Gasteiger partial charge in [0.05, 0.1) is 22.9 Å². The minimum Gasteiger partial charge on any atom is -0.366 e. The highest BCUT2D eigenvalue weighted by Crippen LogP contribution is 2.32. The molecular weight excluding hydrogens is 388 g/mol. The Morgan fingerprint density at radius 3 is 3.03 bits per heavy atom. The number of hydrogen-bond donors (Lipinski definition) is 0. The van der Waals surface area contributed by atoms with E-state index in [4.69, 9.17) is 11.6 Å². The molecule has 5 heterocycles. The molecule has 29 heavy (non-hydrogen) atoms. The van der Waals surface area contributed by atoms with Gasteiger partial charge in [0.25, 0.3) is 0 Å². The first-order chi connectivity index (χ1) is 14.2. The number of carbonyl (C=O) groups excluding carboxylic acids is 1. The van der Waals surface area contributed by atoms with E-state index < -0.39 is 0 Å². The molecule has 2 aliphatic heterocycles. The molecular formula is C21H23ClN6O. The first kappa shape index (κ1) is 18.4. The predicted molar refractivity (Wildman–Crippen MR) is 111 cm³/mol. The second kappa shape index (κ2) is 7.63. The molecule has 8 heteroatoms. The van der Waals surface area contributed by atoms with Crippen LogP contribution in [0.1, 0.15) is 25.0 Å². The zero-order valence-electron chi connectivity index (χ0n) is 16.1. The van der Waals surface area contributed by atoms with E-state index in [1.54, 1.807) is 12.5 Å². The number of halogens is 1.